The highest BCUT2D eigenvalue weighted by Crippen LogP contribution is 2.34. The van der Waals surface area contributed by atoms with Crippen molar-refractivity contribution >= 4 is 61.8 Å². The summed E-state index contributed by atoms with van der Waals surface area (Å²) in [5, 5.41) is 25.9. The standard InChI is InChI=1S/C21H15N9O4/c22-12-5-33-20-8(12)1-14(31)18(29-20)27-16-10-3-24-4-11(10)17(26-7-25-16)28-19-15(32)2-9-13(23)6-34-21(9)30-19/h1-7,24,31-32H,22-23H2,(H,25,26,27,28,29,30). The van der Waals surface area contributed by atoms with Gasteiger partial charge in [0.25, 0.3) is 0 Å². The van der Waals surface area contributed by atoms with Crippen LogP contribution in [0.1, 0.15) is 0 Å². The van der Waals surface area contributed by atoms with E-state index in [1.54, 1.807) is 12.4 Å². The fourth-order valence-electron chi connectivity index (χ4n) is 3.52. The molecule has 6 aromatic heterocycles. The van der Waals surface area contributed by atoms with E-state index in [0.717, 1.165) is 0 Å². The molecule has 6 heterocycles. The van der Waals surface area contributed by atoms with Crippen molar-refractivity contribution in [3.63, 3.8) is 0 Å². The molecular formula is C21H15N9O4. The molecule has 0 unspecified atom stereocenters. The van der Waals surface area contributed by atoms with E-state index in [1.807, 2.05) is 0 Å². The molecule has 6 aromatic rings. The van der Waals surface area contributed by atoms with Crippen molar-refractivity contribution in [3.8, 4) is 11.5 Å². The first-order valence-electron chi connectivity index (χ1n) is 9.85. The molecule has 0 aliphatic heterocycles. The Labute approximate surface area is 188 Å². The highest BCUT2D eigenvalue weighted by molar-refractivity contribution is 5.94. The van der Waals surface area contributed by atoms with Crippen molar-refractivity contribution in [2.75, 3.05) is 16.8 Å². The van der Waals surface area contributed by atoms with E-state index >= 15 is 0 Å². The zero-order valence-electron chi connectivity index (χ0n) is 17.1. The SMILES string of the molecule is Nc1coc2nc(/N=c3\ncnc(Nc4nc5occ(N)c5cc4O)c4c[nH]cc34)c(O)cc12. The number of nitrogen functional groups attached to an aromatic ring is 2. The number of hydrogen-bond donors (Lipinski definition) is 6. The lowest BCUT2D eigenvalue weighted by atomic mass is 10.2. The normalized spacial score (nSPS) is 12.2. The number of hydrogen-bond acceptors (Lipinski definition) is 12. The van der Waals surface area contributed by atoms with Gasteiger partial charge in [-0.3, -0.25) is 0 Å². The van der Waals surface area contributed by atoms with E-state index in [1.165, 1.54) is 31.0 Å². The fourth-order valence-corrected chi connectivity index (χ4v) is 3.52. The van der Waals surface area contributed by atoms with E-state index < -0.39 is 0 Å². The second kappa shape index (κ2) is 7.09. The molecule has 34 heavy (non-hydrogen) atoms. The van der Waals surface area contributed by atoms with Gasteiger partial charge in [0.1, 0.15) is 24.7 Å². The quantitative estimate of drug-likeness (QED) is 0.227. The average Bonchev–Trinajstić information content (AvgIpc) is 3.50. The smallest absolute Gasteiger partial charge is 0.230 e. The summed E-state index contributed by atoms with van der Waals surface area (Å²) in [6.07, 6.45) is 7.31. The van der Waals surface area contributed by atoms with E-state index in [0.29, 0.717) is 38.7 Å². The third kappa shape index (κ3) is 2.99. The van der Waals surface area contributed by atoms with Crippen molar-refractivity contribution < 1.29 is 19.0 Å². The molecule has 0 radical (unpaired) electrons. The number of nitrogens with two attached hydrogens (primary N) is 2. The van der Waals surface area contributed by atoms with Crippen LogP contribution in [0.2, 0.25) is 0 Å². The van der Waals surface area contributed by atoms with Crippen LogP contribution in [0.25, 0.3) is 33.0 Å². The Bertz CT molecular complexity index is 1800. The topological polar surface area (TPSA) is 211 Å². The lowest BCUT2D eigenvalue weighted by molar-refractivity contribution is 0.474. The summed E-state index contributed by atoms with van der Waals surface area (Å²) in [4.78, 5) is 24.5. The van der Waals surface area contributed by atoms with Gasteiger partial charge < -0.3 is 40.8 Å². The maximum atomic E-state index is 10.4. The number of fused-ring (bicyclic) bond motifs is 3. The molecule has 0 fully saturated rings. The van der Waals surface area contributed by atoms with Gasteiger partial charge in [-0.2, -0.15) is 9.97 Å². The first-order valence-corrected chi connectivity index (χ1v) is 9.85. The van der Waals surface area contributed by atoms with E-state index in [2.05, 4.69) is 35.2 Å². The van der Waals surface area contributed by atoms with Gasteiger partial charge in [-0.15, -0.1) is 0 Å². The van der Waals surface area contributed by atoms with E-state index in [-0.39, 0.29) is 40.0 Å². The summed E-state index contributed by atoms with van der Waals surface area (Å²) < 4.78 is 10.6. The molecule has 0 aromatic carbocycles. The summed E-state index contributed by atoms with van der Waals surface area (Å²) in [6, 6.07) is 2.88. The molecule has 0 saturated carbocycles. The minimum absolute atomic E-state index is 0.00210. The summed E-state index contributed by atoms with van der Waals surface area (Å²) >= 11 is 0. The van der Waals surface area contributed by atoms with Gasteiger partial charge in [-0.05, 0) is 12.1 Å². The van der Waals surface area contributed by atoms with E-state index in [9.17, 15) is 10.2 Å². The number of pyridine rings is 2. The number of furan rings is 2. The van der Waals surface area contributed by atoms with Crippen molar-refractivity contribution in [3.05, 3.63) is 48.9 Å². The van der Waals surface area contributed by atoms with Crippen LogP contribution in [0.3, 0.4) is 0 Å². The average molecular weight is 457 g/mol. The minimum Gasteiger partial charge on any atom is -0.504 e. The van der Waals surface area contributed by atoms with E-state index in [4.69, 9.17) is 20.3 Å². The maximum absolute atomic E-state index is 10.4. The highest BCUT2D eigenvalue weighted by Gasteiger charge is 2.15. The van der Waals surface area contributed by atoms with Gasteiger partial charge in [0.05, 0.1) is 22.1 Å². The van der Waals surface area contributed by atoms with Crippen LogP contribution in [-0.4, -0.2) is 35.1 Å². The van der Waals surface area contributed by atoms with Crippen molar-refractivity contribution in [1.82, 2.24) is 24.9 Å². The van der Waals surface area contributed by atoms with Crippen LogP contribution in [0.4, 0.5) is 28.8 Å². The van der Waals surface area contributed by atoms with Crippen molar-refractivity contribution in [2.24, 2.45) is 4.99 Å². The van der Waals surface area contributed by atoms with Gasteiger partial charge in [-0.25, -0.2) is 15.0 Å². The Kier molecular flexibility index (Phi) is 4.04. The third-order valence-electron chi connectivity index (χ3n) is 5.19. The number of nitrogens with one attached hydrogen (secondary N) is 2. The van der Waals surface area contributed by atoms with Crippen LogP contribution >= 0.6 is 0 Å². The summed E-state index contributed by atoms with van der Waals surface area (Å²) in [7, 11) is 0. The number of H-pyrrole nitrogens is 1. The second-order valence-corrected chi connectivity index (χ2v) is 7.34. The molecule has 0 amide bonds. The Morgan fingerprint density at radius 1 is 0.824 bits per heavy atom. The molecule has 0 atom stereocenters. The number of aromatic hydroxyl groups is 2. The molecule has 13 nitrogen and oxygen atoms in total. The zero-order valence-corrected chi connectivity index (χ0v) is 17.1. The molecule has 0 spiro atoms. The van der Waals surface area contributed by atoms with Crippen LogP contribution in [-0.2, 0) is 0 Å². The summed E-state index contributed by atoms with van der Waals surface area (Å²) in [6.45, 7) is 0. The lowest BCUT2D eigenvalue weighted by Gasteiger charge is -2.06. The van der Waals surface area contributed by atoms with Gasteiger partial charge in [0.15, 0.2) is 28.6 Å². The highest BCUT2D eigenvalue weighted by atomic mass is 16.3. The number of anilines is 4. The first-order chi connectivity index (χ1) is 16.5. The van der Waals surface area contributed by atoms with Crippen LogP contribution in [0, 0.1) is 0 Å². The van der Waals surface area contributed by atoms with Crippen LogP contribution in [0.15, 0.2) is 57.2 Å². The molecule has 6 rings (SSSR count). The Morgan fingerprint density at radius 3 is 2.26 bits per heavy atom. The largest absolute Gasteiger partial charge is 0.504 e. The summed E-state index contributed by atoms with van der Waals surface area (Å²) in [5.74, 6) is 0.109. The number of aromatic amines is 1. The predicted octanol–water partition coefficient (Wildman–Crippen LogP) is 2.79. The Hall–Kier alpha value is -5.33. The Morgan fingerprint density at radius 2 is 1.50 bits per heavy atom. The van der Waals surface area contributed by atoms with Crippen molar-refractivity contribution in [2.45, 2.75) is 0 Å². The fraction of sp³-hybridized carbons (Fsp3) is 0. The van der Waals surface area contributed by atoms with Gasteiger partial charge in [0, 0.05) is 23.2 Å². The number of nitrogens with zero attached hydrogens (tertiary/aromatic N) is 5. The monoisotopic (exact) mass is 457 g/mol. The molecular weight excluding hydrogens is 442 g/mol. The number of rotatable bonds is 3. The first kappa shape index (κ1) is 19.4. The van der Waals surface area contributed by atoms with Gasteiger partial charge in [-0.1, -0.05) is 0 Å². The minimum atomic E-state index is -0.191. The zero-order chi connectivity index (χ0) is 23.4. The molecule has 0 aliphatic rings. The van der Waals surface area contributed by atoms with Gasteiger partial charge >= 0.3 is 0 Å². The van der Waals surface area contributed by atoms with Crippen LogP contribution in [0.5, 0.6) is 11.5 Å². The van der Waals surface area contributed by atoms with Crippen LogP contribution < -0.4 is 22.3 Å². The number of aromatic nitrogens is 5. The molecule has 0 saturated heterocycles. The predicted molar refractivity (Wildman–Crippen MR) is 123 cm³/mol. The van der Waals surface area contributed by atoms with Crippen molar-refractivity contribution in [1.29, 1.82) is 0 Å². The molecule has 8 N–H and O–H groups in total. The third-order valence-corrected chi connectivity index (χ3v) is 5.19. The molecule has 13 heteroatoms. The molecule has 168 valence electrons. The molecule has 0 bridgehead atoms. The van der Waals surface area contributed by atoms with Gasteiger partial charge in [0.2, 0.25) is 11.4 Å². The second-order valence-electron chi connectivity index (χ2n) is 7.34. The summed E-state index contributed by atoms with van der Waals surface area (Å²) in [5.41, 5.74) is 13.1. The Balaban J connectivity index is 1.48. The lowest BCUT2D eigenvalue weighted by Crippen LogP contribution is -2.04. The molecule has 0 aliphatic carbocycles. The maximum Gasteiger partial charge on any atom is 0.230 e.